The minimum absolute atomic E-state index is 0.0261. The van der Waals surface area contributed by atoms with Gasteiger partial charge >= 0.3 is 0 Å². The summed E-state index contributed by atoms with van der Waals surface area (Å²) in [6.45, 7) is 0.452. The van der Waals surface area contributed by atoms with E-state index in [1.54, 1.807) is 72.8 Å². The van der Waals surface area contributed by atoms with E-state index in [2.05, 4.69) is 21.3 Å². The Morgan fingerprint density at radius 1 is 0.382 bits per heavy atom. The molecule has 6 aromatic rings. The molecule has 0 aliphatic heterocycles. The van der Waals surface area contributed by atoms with Crippen LogP contribution in [0.5, 0.6) is 34.5 Å². The van der Waals surface area contributed by atoms with E-state index < -0.39 is 23.6 Å². The van der Waals surface area contributed by atoms with Gasteiger partial charge in [-0.05, 0) is 131 Å². The highest BCUT2D eigenvalue weighted by molar-refractivity contribution is 6.04. The molecule has 14 nitrogen and oxygen atoms in total. The number of benzene rings is 6. The zero-order chi connectivity index (χ0) is 48.7. The molecule has 0 heterocycles. The van der Waals surface area contributed by atoms with E-state index in [0.29, 0.717) is 69.6 Å². The number of halogens is 2. The normalized spacial score (nSPS) is 10.6. The molecule has 0 saturated carbocycles. The minimum atomic E-state index is -0.548. The maximum Gasteiger partial charge on any atom is 0.251 e. The molecule has 354 valence electrons. The summed E-state index contributed by atoms with van der Waals surface area (Å²) >= 11 is 0. The topological polar surface area (TPSA) is 172 Å². The number of hydrogen-bond acceptors (Lipinski definition) is 10. The zero-order valence-corrected chi connectivity index (χ0v) is 38.5. The van der Waals surface area contributed by atoms with E-state index in [1.165, 1.54) is 79.1 Å². The first-order valence-electron chi connectivity index (χ1n) is 21.4. The van der Waals surface area contributed by atoms with E-state index in [1.807, 2.05) is 0 Å². The summed E-state index contributed by atoms with van der Waals surface area (Å²) in [5.74, 6) is -0.548. The van der Waals surface area contributed by atoms with E-state index in [-0.39, 0.29) is 60.1 Å². The molecule has 0 spiro atoms. The van der Waals surface area contributed by atoms with Crippen LogP contribution in [0.4, 0.5) is 8.78 Å². The fourth-order valence-electron chi connectivity index (χ4n) is 7.30. The number of carbonyl (C=O) groups is 4. The molecule has 0 atom stereocenters. The van der Waals surface area contributed by atoms with Crippen LogP contribution in [0.25, 0.3) is 11.1 Å². The highest BCUT2D eigenvalue weighted by atomic mass is 19.1. The lowest BCUT2D eigenvalue weighted by Gasteiger charge is -2.16. The third-order valence-electron chi connectivity index (χ3n) is 10.8. The maximum absolute atomic E-state index is 14.1. The Morgan fingerprint density at radius 2 is 0.676 bits per heavy atom. The molecule has 0 aliphatic rings. The number of ether oxygens (including phenoxy) is 6. The molecule has 16 heteroatoms. The number of rotatable bonds is 21. The van der Waals surface area contributed by atoms with E-state index in [9.17, 15) is 28.0 Å². The molecule has 68 heavy (non-hydrogen) atoms. The Bertz CT molecular complexity index is 2540. The van der Waals surface area contributed by atoms with Crippen molar-refractivity contribution in [1.82, 2.24) is 21.3 Å². The Morgan fingerprint density at radius 3 is 0.956 bits per heavy atom. The van der Waals surface area contributed by atoms with Crippen molar-refractivity contribution < 1.29 is 56.4 Å². The standard InChI is InChI=1S/C52H52F2N4O10/c1-63-43-19-33(20-44(64-2)47(43)67-5)29-57-51(61)39-25-36(26-40(28-39)52(62)58-30-34-21-45(65-3)48(68-6)46(22-34)66-4)35-23-37(49(59)55-17-15-31-7-11-41(53)12-8-31)27-38(24-35)50(60)56-18-16-32-9-13-42(54)14-10-32/h7-14,19-28H,15-18,29-30H2,1-6H3,(H,55,59)(H,56,60)(H,57,61)(H,58,62). The predicted octanol–water partition coefficient (Wildman–Crippen LogP) is 7.49. The van der Waals surface area contributed by atoms with Crippen molar-refractivity contribution in [3.63, 3.8) is 0 Å². The van der Waals surface area contributed by atoms with Crippen molar-refractivity contribution >= 4 is 23.6 Å². The molecule has 0 aliphatic carbocycles. The van der Waals surface area contributed by atoms with E-state index in [0.717, 1.165) is 11.1 Å². The highest BCUT2D eigenvalue weighted by Crippen LogP contribution is 2.39. The molecule has 0 saturated heterocycles. The van der Waals surface area contributed by atoms with Crippen molar-refractivity contribution in [3.8, 4) is 45.6 Å². The lowest BCUT2D eigenvalue weighted by Crippen LogP contribution is -2.28. The molecule has 0 aromatic heterocycles. The Balaban J connectivity index is 1.36. The summed E-state index contributed by atoms with van der Waals surface area (Å²) in [5, 5.41) is 11.5. The molecule has 0 fully saturated rings. The second-order valence-corrected chi connectivity index (χ2v) is 15.3. The van der Waals surface area contributed by atoms with Gasteiger partial charge in [0.25, 0.3) is 23.6 Å². The van der Waals surface area contributed by atoms with Crippen molar-refractivity contribution in [2.24, 2.45) is 0 Å². The lowest BCUT2D eigenvalue weighted by molar-refractivity contribution is 0.0936. The van der Waals surface area contributed by atoms with E-state index in [4.69, 9.17) is 28.4 Å². The molecule has 6 aromatic carbocycles. The Kier molecular flexibility index (Phi) is 16.9. The van der Waals surface area contributed by atoms with Crippen LogP contribution in [0.3, 0.4) is 0 Å². The first-order valence-corrected chi connectivity index (χ1v) is 21.4. The van der Waals surface area contributed by atoms with Crippen LogP contribution < -0.4 is 49.7 Å². The number of nitrogens with one attached hydrogen (secondary N) is 4. The first kappa shape index (κ1) is 49.3. The fraction of sp³-hybridized carbons (Fsp3) is 0.231. The number of amides is 4. The molecule has 0 unspecified atom stereocenters. The van der Waals surface area contributed by atoms with Crippen LogP contribution in [0.15, 0.2) is 109 Å². The number of hydrogen-bond donors (Lipinski definition) is 4. The van der Waals surface area contributed by atoms with Gasteiger partial charge < -0.3 is 49.7 Å². The molecule has 0 radical (unpaired) electrons. The Hall–Kier alpha value is -8.14. The van der Waals surface area contributed by atoms with Crippen LogP contribution in [0.2, 0.25) is 0 Å². The third kappa shape index (κ3) is 12.6. The molecule has 0 bridgehead atoms. The largest absolute Gasteiger partial charge is 0.493 e. The predicted molar refractivity (Wildman–Crippen MR) is 251 cm³/mol. The summed E-state index contributed by atoms with van der Waals surface area (Å²) in [5.41, 5.74) is 3.96. The van der Waals surface area contributed by atoms with Gasteiger partial charge in [0.2, 0.25) is 11.5 Å². The second-order valence-electron chi connectivity index (χ2n) is 15.3. The summed E-state index contributed by atoms with van der Waals surface area (Å²) in [7, 11) is 8.89. The summed E-state index contributed by atoms with van der Waals surface area (Å²) < 4.78 is 59.9. The number of methoxy groups -OCH3 is 6. The monoisotopic (exact) mass is 930 g/mol. The maximum atomic E-state index is 14.1. The average Bonchev–Trinajstić information content (AvgIpc) is 3.37. The van der Waals surface area contributed by atoms with E-state index >= 15 is 0 Å². The smallest absolute Gasteiger partial charge is 0.251 e. The van der Waals surface area contributed by atoms with Crippen LogP contribution in [0, 0.1) is 11.6 Å². The molecule has 4 amide bonds. The highest BCUT2D eigenvalue weighted by Gasteiger charge is 2.20. The molecular weight excluding hydrogens is 879 g/mol. The van der Waals surface area contributed by atoms with Crippen molar-refractivity contribution in [3.05, 3.63) is 165 Å². The second kappa shape index (κ2) is 23.4. The van der Waals surface area contributed by atoms with Gasteiger partial charge in [0, 0.05) is 48.4 Å². The van der Waals surface area contributed by atoms with Crippen LogP contribution in [-0.4, -0.2) is 79.4 Å². The summed E-state index contributed by atoms with van der Waals surface area (Å²) in [6, 6.07) is 27.8. The fourth-order valence-corrected chi connectivity index (χ4v) is 7.30. The molecule has 4 N–H and O–H groups in total. The van der Waals surface area contributed by atoms with Gasteiger partial charge in [0.05, 0.1) is 42.7 Å². The van der Waals surface area contributed by atoms with Crippen molar-refractivity contribution in [2.75, 3.05) is 55.7 Å². The first-order chi connectivity index (χ1) is 32.9. The molecule has 6 rings (SSSR count). The SMILES string of the molecule is COc1cc(CNC(=O)c2cc(C(=O)NCc3cc(OC)c(OC)c(OC)c3)cc(-c3cc(C(=O)NCCc4ccc(F)cc4)cc(C(=O)NCCc4ccc(F)cc4)c3)c2)cc(OC)c1OC. The summed E-state index contributed by atoms with van der Waals surface area (Å²) in [6.07, 6.45) is 0.814. The number of carbonyl (C=O) groups excluding carboxylic acids is 4. The van der Waals surface area contributed by atoms with Gasteiger partial charge in [0.15, 0.2) is 23.0 Å². The van der Waals surface area contributed by atoms with Gasteiger partial charge in [0.1, 0.15) is 11.6 Å². The van der Waals surface area contributed by atoms with Gasteiger partial charge in [-0.15, -0.1) is 0 Å². The van der Waals surface area contributed by atoms with Crippen LogP contribution in [-0.2, 0) is 25.9 Å². The quantitative estimate of drug-likeness (QED) is 0.0567. The van der Waals surface area contributed by atoms with Gasteiger partial charge in [-0.3, -0.25) is 19.2 Å². The van der Waals surface area contributed by atoms with Gasteiger partial charge in [-0.2, -0.15) is 0 Å². The van der Waals surface area contributed by atoms with Crippen molar-refractivity contribution in [2.45, 2.75) is 25.9 Å². The van der Waals surface area contributed by atoms with Crippen molar-refractivity contribution in [1.29, 1.82) is 0 Å². The summed E-state index contributed by atoms with van der Waals surface area (Å²) in [4.78, 5) is 55.8. The van der Waals surface area contributed by atoms with Gasteiger partial charge in [-0.1, -0.05) is 24.3 Å². The van der Waals surface area contributed by atoms with Crippen LogP contribution >= 0.6 is 0 Å². The lowest BCUT2D eigenvalue weighted by atomic mass is 9.95. The molecular formula is C52H52F2N4O10. The Labute approximate surface area is 392 Å². The van der Waals surface area contributed by atoms with Crippen LogP contribution in [0.1, 0.15) is 63.7 Å². The van der Waals surface area contributed by atoms with Gasteiger partial charge in [-0.25, -0.2) is 8.78 Å². The average molecular weight is 931 g/mol. The third-order valence-corrected chi connectivity index (χ3v) is 10.8. The minimum Gasteiger partial charge on any atom is -0.493 e. The zero-order valence-electron chi connectivity index (χ0n) is 38.5.